The standard InChI is InChI=1S/C21H14BrF4N3O/c1-28-17-8-27-16-7-15(23)14(22)6-13(16)18(17)20(19(28)30)9-29(10-20)12-4-2-3-11(5-12)21(24,25)26/h2-8H,9-10H2,1H3. The molecule has 9 heteroatoms. The topological polar surface area (TPSA) is 36.4 Å². The van der Waals surface area contributed by atoms with Gasteiger partial charge in [-0.05, 0) is 40.2 Å². The number of benzene rings is 2. The molecule has 0 atom stereocenters. The first-order valence-electron chi connectivity index (χ1n) is 9.10. The van der Waals surface area contributed by atoms with Crippen molar-refractivity contribution in [1.29, 1.82) is 0 Å². The first kappa shape index (κ1) is 19.3. The van der Waals surface area contributed by atoms with Crippen molar-refractivity contribution < 1.29 is 22.4 Å². The van der Waals surface area contributed by atoms with E-state index < -0.39 is 23.0 Å². The average Bonchev–Trinajstić information content (AvgIpc) is 2.89. The Balaban J connectivity index is 1.59. The summed E-state index contributed by atoms with van der Waals surface area (Å²) >= 11 is 3.19. The van der Waals surface area contributed by atoms with E-state index in [0.29, 0.717) is 22.3 Å². The van der Waals surface area contributed by atoms with Crippen LogP contribution in [0.15, 0.2) is 47.1 Å². The zero-order valence-electron chi connectivity index (χ0n) is 15.6. The van der Waals surface area contributed by atoms with Crippen LogP contribution in [0.2, 0.25) is 0 Å². The molecule has 1 saturated heterocycles. The van der Waals surface area contributed by atoms with Crippen molar-refractivity contribution in [2.45, 2.75) is 11.6 Å². The number of rotatable bonds is 1. The highest BCUT2D eigenvalue weighted by molar-refractivity contribution is 9.10. The van der Waals surface area contributed by atoms with Crippen LogP contribution in [0, 0.1) is 5.82 Å². The minimum atomic E-state index is -4.44. The van der Waals surface area contributed by atoms with Crippen molar-refractivity contribution in [3.05, 3.63) is 64.0 Å². The van der Waals surface area contributed by atoms with Gasteiger partial charge in [0.1, 0.15) is 11.2 Å². The Bertz CT molecular complexity index is 1220. The normalized spacial score (nSPS) is 17.6. The number of carbonyl (C=O) groups is 1. The summed E-state index contributed by atoms with van der Waals surface area (Å²) in [4.78, 5) is 20.7. The summed E-state index contributed by atoms with van der Waals surface area (Å²) in [7, 11) is 1.65. The molecule has 154 valence electrons. The molecule has 3 heterocycles. The summed E-state index contributed by atoms with van der Waals surface area (Å²) in [6, 6.07) is 7.99. The molecular weight excluding hydrogens is 466 g/mol. The summed E-state index contributed by atoms with van der Waals surface area (Å²) in [5, 5.41) is 0.655. The highest BCUT2D eigenvalue weighted by atomic mass is 79.9. The third-order valence-corrected chi connectivity index (χ3v) is 6.51. The number of carbonyl (C=O) groups excluding carboxylic acids is 1. The Morgan fingerprint density at radius 1 is 1.17 bits per heavy atom. The molecule has 0 bridgehead atoms. The minimum absolute atomic E-state index is 0.143. The number of amides is 1. The quantitative estimate of drug-likeness (QED) is 0.466. The fourth-order valence-electron chi connectivity index (χ4n) is 4.43. The van der Waals surface area contributed by atoms with Crippen LogP contribution in [-0.2, 0) is 16.4 Å². The van der Waals surface area contributed by atoms with Crippen molar-refractivity contribution >= 4 is 44.1 Å². The smallest absolute Gasteiger partial charge is 0.369 e. The van der Waals surface area contributed by atoms with Crippen LogP contribution in [0.4, 0.5) is 28.9 Å². The molecule has 1 spiro atoms. The molecule has 0 N–H and O–H groups in total. The van der Waals surface area contributed by atoms with Crippen LogP contribution >= 0.6 is 15.9 Å². The SMILES string of the molecule is CN1C(=O)C2(CN(c3cccc(C(F)(F)F)c3)C2)c2c1cnc1cc(F)c(Br)cc21. The Kier molecular flexibility index (Phi) is 3.96. The third kappa shape index (κ3) is 2.57. The van der Waals surface area contributed by atoms with Crippen LogP contribution in [0.25, 0.3) is 10.9 Å². The highest BCUT2D eigenvalue weighted by Crippen LogP contribution is 2.51. The van der Waals surface area contributed by atoms with Crippen LogP contribution in [-0.4, -0.2) is 31.0 Å². The molecule has 0 unspecified atom stereocenters. The fourth-order valence-corrected chi connectivity index (χ4v) is 4.77. The van der Waals surface area contributed by atoms with Gasteiger partial charge in [-0.2, -0.15) is 13.2 Å². The van der Waals surface area contributed by atoms with Crippen molar-refractivity contribution in [3.8, 4) is 0 Å². The van der Waals surface area contributed by atoms with E-state index in [0.717, 1.165) is 17.7 Å². The van der Waals surface area contributed by atoms with Gasteiger partial charge in [0.15, 0.2) is 0 Å². The number of likely N-dealkylation sites (N-methyl/N-ethyl adjacent to an activating group) is 1. The monoisotopic (exact) mass is 479 g/mol. The van der Waals surface area contributed by atoms with Crippen LogP contribution in [0.1, 0.15) is 11.1 Å². The van der Waals surface area contributed by atoms with E-state index in [4.69, 9.17) is 0 Å². The van der Waals surface area contributed by atoms with Crippen molar-refractivity contribution in [3.63, 3.8) is 0 Å². The van der Waals surface area contributed by atoms with Crippen LogP contribution < -0.4 is 9.80 Å². The van der Waals surface area contributed by atoms with Crippen molar-refractivity contribution in [2.24, 2.45) is 0 Å². The zero-order valence-corrected chi connectivity index (χ0v) is 17.2. The lowest BCUT2D eigenvalue weighted by molar-refractivity contribution is -0.137. The second-order valence-electron chi connectivity index (χ2n) is 7.65. The highest BCUT2D eigenvalue weighted by Gasteiger charge is 2.58. The number of aromatic nitrogens is 1. The van der Waals surface area contributed by atoms with E-state index in [1.54, 1.807) is 30.3 Å². The van der Waals surface area contributed by atoms with Gasteiger partial charge in [0.25, 0.3) is 0 Å². The predicted octanol–water partition coefficient (Wildman–Crippen LogP) is 4.89. The fraction of sp³-hybridized carbons (Fsp3) is 0.238. The zero-order chi connectivity index (χ0) is 21.4. The number of pyridine rings is 1. The molecule has 30 heavy (non-hydrogen) atoms. The largest absolute Gasteiger partial charge is 0.416 e. The maximum Gasteiger partial charge on any atom is 0.416 e. The number of anilines is 2. The molecule has 2 aromatic carbocycles. The number of fused-ring (bicyclic) bond motifs is 4. The average molecular weight is 480 g/mol. The lowest BCUT2D eigenvalue weighted by Gasteiger charge is -2.48. The Labute approximate surface area is 177 Å². The maximum atomic E-state index is 14.0. The van der Waals surface area contributed by atoms with Gasteiger partial charge in [-0.25, -0.2) is 4.39 Å². The first-order chi connectivity index (χ1) is 14.1. The van der Waals surface area contributed by atoms with E-state index >= 15 is 0 Å². The Morgan fingerprint density at radius 2 is 1.90 bits per heavy atom. The van der Waals surface area contributed by atoms with E-state index in [2.05, 4.69) is 20.9 Å². The molecule has 1 aromatic heterocycles. The van der Waals surface area contributed by atoms with Crippen LogP contribution in [0.5, 0.6) is 0 Å². The lowest BCUT2D eigenvalue weighted by atomic mass is 9.73. The summed E-state index contributed by atoms with van der Waals surface area (Å²) in [6.07, 6.45) is -2.89. The molecule has 2 aliphatic rings. The van der Waals surface area contributed by atoms with Gasteiger partial charge in [0.2, 0.25) is 5.91 Å². The molecule has 0 aliphatic carbocycles. The van der Waals surface area contributed by atoms with E-state index in [1.165, 1.54) is 17.0 Å². The molecule has 0 radical (unpaired) electrons. The van der Waals surface area contributed by atoms with E-state index in [9.17, 15) is 22.4 Å². The summed E-state index contributed by atoms with van der Waals surface area (Å²) in [6.45, 7) is 0.469. The number of hydrogen-bond donors (Lipinski definition) is 0. The van der Waals surface area contributed by atoms with E-state index in [1.807, 2.05) is 0 Å². The number of halogens is 5. The predicted molar refractivity (Wildman–Crippen MR) is 108 cm³/mol. The minimum Gasteiger partial charge on any atom is -0.369 e. The number of alkyl halides is 3. The lowest BCUT2D eigenvalue weighted by Crippen LogP contribution is -2.64. The summed E-state index contributed by atoms with van der Waals surface area (Å²) < 4.78 is 53.5. The van der Waals surface area contributed by atoms with Gasteiger partial charge < -0.3 is 9.80 Å². The van der Waals surface area contributed by atoms with Gasteiger partial charge in [0, 0.05) is 42.8 Å². The molecule has 5 rings (SSSR count). The molecule has 0 saturated carbocycles. The van der Waals surface area contributed by atoms with Crippen molar-refractivity contribution in [2.75, 3.05) is 29.9 Å². The van der Waals surface area contributed by atoms with Crippen molar-refractivity contribution in [1.82, 2.24) is 4.98 Å². The second-order valence-corrected chi connectivity index (χ2v) is 8.51. The summed E-state index contributed by atoms with van der Waals surface area (Å²) in [5.41, 5.74) is 0.569. The van der Waals surface area contributed by atoms with Gasteiger partial charge in [-0.15, -0.1) is 0 Å². The maximum absolute atomic E-state index is 14.0. The Morgan fingerprint density at radius 3 is 2.60 bits per heavy atom. The molecule has 2 aliphatic heterocycles. The first-order valence-corrected chi connectivity index (χ1v) is 9.90. The third-order valence-electron chi connectivity index (χ3n) is 5.90. The van der Waals surface area contributed by atoms with Gasteiger partial charge in [0.05, 0.1) is 27.4 Å². The Hall–Kier alpha value is -2.68. The number of hydrogen-bond acceptors (Lipinski definition) is 3. The molecular formula is C21H14BrF4N3O. The number of nitrogens with zero attached hydrogens (tertiary/aromatic N) is 3. The van der Waals surface area contributed by atoms with Gasteiger partial charge in [-0.1, -0.05) is 6.07 Å². The molecule has 1 amide bonds. The molecule has 3 aromatic rings. The van der Waals surface area contributed by atoms with Gasteiger partial charge >= 0.3 is 6.18 Å². The van der Waals surface area contributed by atoms with E-state index in [-0.39, 0.29) is 23.5 Å². The second kappa shape index (κ2) is 6.16. The van der Waals surface area contributed by atoms with Gasteiger partial charge in [-0.3, -0.25) is 9.78 Å². The summed E-state index contributed by atoms with van der Waals surface area (Å²) in [5.74, 6) is -0.601. The molecule has 1 fully saturated rings. The molecule has 4 nitrogen and oxygen atoms in total. The van der Waals surface area contributed by atoms with Crippen LogP contribution in [0.3, 0.4) is 0 Å².